The van der Waals surface area contributed by atoms with Crippen LogP contribution in [0.15, 0.2) is 89.7 Å². The van der Waals surface area contributed by atoms with Crippen molar-refractivity contribution in [3.05, 3.63) is 112 Å². The molecule has 0 aliphatic carbocycles. The summed E-state index contributed by atoms with van der Waals surface area (Å²) >= 11 is 0. The van der Waals surface area contributed by atoms with Gasteiger partial charge in [0.15, 0.2) is 0 Å². The molecule has 0 spiro atoms. The maximum Gasteiger partial charge on any atom is 0.284 e. The van der Waals surface area contributed by atoms with Gasteiger partial charge < -0.3 is 15.8 Å². The summed E-state index contributed by atoms with van der Waals surface area (Å²) in [5.74, 6) is -0.334. The van der Waals surface area contributed by atoms with Crippen LogP contribution < -0.4 is 21.3 Å². The van der Waals surface area contributed by atoms with Crippen LogP contribution in [0.25, 0.3) is 5.69 Å². The summed E-state index contributed by atoms with van der Waals surface area (Å²) in [5.41, 5.74) is 6.86. The van der Waals surface area contributed by atoms with Gasteiger partial charge in [-0.05, 0) is 62.6 Å². The Kier molecular flexibility index (Phi) is 7.29. The zero-order valence-electron chi connectivity index (χ0n) is 19.9. The molecular weight excluding hydrogens is 458 g/mol. The number of carbonyl (C=O) groups is 2. The third kappa shape index (κ3) is 5.20. The van der Waals surface area contributed by atoms with E-state index in [9.17, 15) is 14.4 Å². The Bertz CT molecular complexity index is 1430. The number of nitrogens with one attached hydrogen (secondary N) is 1. The van der Waals surface area contributed by atoms with Crippen molar-refractivity contribution in [2.45, 2.75) is 32.7 Å². The lowest BCUT2D eigenvalue weighted by Crippen LogP contribution is -2.29. The van der Waals surface area contributed by atoms with Crippen molar-refractivity contribution >= 4 is 11.8 Å². The second-order valence-electron chi connectivity index (χ2n) is 8.20. The number of fused-ring (bicyclic) bond motifs is 1. The molecular formula is C27H27N5O4. The molecule has 3 heterocycles. The number of nitrogens with zero attached hydrogens (tertiary/aromatic N) is 3. The molecule has 0 unspecified atom stereocenters. The molecule has 9 heteroatoms. The number of aromatic nitrogens is 3. The molecule has 1 aromatic carbocycles. The number of ether oxygens (including phenoxy) is 1. The number of pyridine rings is 1. The molecule has 3 aromatic rings. The minimum Gasteiger partial charge on any atom is -0.458 e. The van der Waals surface area contributed by atoms with Crippen molar-refractivity contribution in [3.63, 3.8) is 0 Å². The normalized spacial score (nSPS) is 13.3. The van der Waals surface area contributed by atoms with Crippen LogP contribution in [-0.4, -0.2) is 26.2 Å². The highest BCUT2D eigenvalue weighted by atomic mass is 16.5. The van der Waals surface area contributed by atoms with E-state index in [0.29, 0.717) is 30.2 Å². The first kappa shape index (κ1) is 24.5. The van der Waals surface area contributed by atoms with Gasteiger partial charge in [0.05, 0.1) is 11.4 Å². The number of hydrogen-bond donors (Lipinski definition) is 2. The summed E-state index contributed by atoms with van der Waals surface area (Å²) in [5, 5.41) is 2.72. The first-order valence-electron chi connectivity index (χ1n) is 11.6. The molecule has 0 atom stereocenters. The van der Waals surface area contributed by atoms with E-state index < -0.39 is 11.8 Å². The highest BCUT2D eigenvalue weighted by Crippen LogP contribution is 2.20. The van der Waals surface area contributed by atoms with Gasteiger partial charge in [0.25, 0.3) is 17.4 Å². The van der Waals surface area contributed by atoms with Crippen molar-refractivity contribution in [2.75, 3.05) is 0 Å². The summed E-state index contributed by atoms with van der Waals surface area (Å²) in [6.07, 6.45) is 8.82. The molecule has 1 aliphatic heterocycles. The van der Waals surface area contributed by atoms with Gasteiger partial charge in [-0.1, -0.05) is 24.8 Å². The molecule has 9 nitrogen and oxygen atoms in total. The minimum absolute atomic E-state index is 0.0839. The number of para-hydroxylation sites is 1. The van der Waals surface area contributed by atoms with Gasteiger partial charge in [-0.3, -0.25) is 24.0 Å². The maximum absolute atomic E-state index is 13.3. The summed E-state index contributed by atoms with van der Waals surface area (Å²) in [7, 11) is 0. The molecule has 0 bridgehead atoms. The zero-order valence-corrected chi connectivity index (χ0v) is 19.9. The smallest absolute Gasteiger partial charge is 0.284 e. The summed E-state index contributed by atoms with van der Waals surface area (Å²) < 4.78 is 9.23. The van der Waals surface area contributed by atoms with Crippen LogP contribution in [0.1, 0.15) is 46.3 Å². The van der Waals surface area contributed by atoms with Gasteiger partial charge in [-0.25, -0.2) is 4.68 Å². The topological polar surface area (TPSA) is 121 Å². The Labute approximate surface area is 208 Å². The predicted molar refractivity (Wildman–Crippen MR) is 136 cm³/mol. The predicted octanol–water partition coefficient (Wildman–Crippen LogP) is 3.25. The summed E-state index contributed by atoms with van der Waals surface area (Å²) in [4.78, 5) is 41.7. The number of hydrogen-bond acceptors (Lipinski definition) is 5. The van der Waals surface area contributed by atoms with Crippen LogP contribution in [0, 0.1) is 0 Å². The fourth-order valence-corrected chi connectivity index (χ4v) is 4.05. The lowest BCUT2D eigenvalue weighted by Gasteiger charge is -2.19. The fraction of sp³-hybridized carbons (Fsp3) is 0.185. The second kappa shape index (κ2) is 10.7. The standard InChI is InChI=1S/C27H27N5O4/c1-3-20(36-21-14-15-29-22(17-21)25(28)33)13-12-18(2)30-26(34)24-23-11-7-8-16-31(23)32(27(24)35)19-9-5-4-6-10-19/h3-6,9-10,12-15,17H,2,7-8,11,16H2,1H3,(H2,28,33)(H,30,34)/b13-12-,20-3+. The van der Waals surface area contributed by atoms with Crippen molar-refractivity contribution in [3.8, 4) is 11.4 Å². The molecule has 184 valence electrons. The monoisotopic (exact) mass is 485 g/mol. The van der Waals surface area contributed by atoms with E-state index in [1.54, 1.807) is 35.9 Å². The Hall–Kier alpha value is -4.66. The van der Waals surface area contributed by atoms with E-state index in [0.717, 1.165) is 18.5 Å². The summed E-state index contributed by atoms with van der Waals surface area (Å²) in [6.45, 7) is 6.33. The van der Waals surface area contributed by atoms with E-state index in [1.807, 2.05) is 35.0 Å². The number of carbonyl (C=O) groups excluding carboxylic acids is 2. The van der Waals surface area contributed by atoms with Crippen LogP contribution in [0.4, 0.5) is 0 Å². The quantitative estimate of drug-likeness (QED) is 0.375. The Morgan fingerprint density at radius 1 is 1.17 bits per heavy atom. The van der Waals surface area contributed by atoms with Gasteiger partial charge in [0.1, 0.15) is 22.8 Å². The molecule has 0 radical (unpaired) electrons. The lowest BCUT2D eigenvalue weighted by molar-refractivity contribution is 0.0963. The fourth-order valence-electron chi connectivity index (χ4n) is 4.05. The van der Waals surface area contributed by atoms with Crippen LogP contribution in [0.3, 0.4) is 0 Å². The Morgan fingerprint density at radius 3 is 2.67 bits per heavy atom. The highest BCUT2D eigenvalue weighted by Gasteiger charge is 2.27. The molecule has 3 N–H and O–H groups in total. The summed E-state index contributed by atoms with van der Waals surface area (Å²) in [6, 6.07) is 12.3. The van der Waals surface area contributed by atoms with Crippen molar-refractivity contribution in [2.24, 2.45) is 5.73 Å². The zero-order chi connectivity index (χ0) is 25.7. The minimum atomic E-state index is -0.659. The van der Waals surface area contributed by atoms with Crippen LogP contribution in [0.2, 0.25) is 0 Å². The number of amides is 2. The molecule has 4 rings (SSSR count). The first-order chi connectivity index (χ1) is 17.4. The average molecular weight is 486 g/mol. The van der Waals surface area contributed by atoms with Crippen molar-refractivity contribution in [1.29, 1.82) is 0 Å². The highest BCUT2D eigenvalue weighted by molar-refractivity contribution is 5.96. The molecule has 0 fully saturated rings. The van der Waals surface area contributed by atoms with Crippen LogP contribution in [-0.2, 0) is 13.0 Å². The maximum atomic E-state index is 13.3. The van der Waals surface area contributed by atoms with Gasteiger partial charge in [0, 0.05) is 24.5 Å². The average Bonchev–Trinajstić information content (AvgIpc) is 3.18. The number of primary amides is 1. The molecule has 2 aromatic heterocycles. The number of benzene rings is 1. The number of nitrogens with two attached hydrogens (primary N) is 1. The van der Waals surface area contributed by atoms with E-state index in [2.05, 4.69) is 16.9 Å². The van der Waals surface area contributed by atoms with Crippen molar-refractivity contribution < 1.29 is 14.3 Å². The van der Waals surface area contributed by atoms with Crippen LogP contribution >= 0.6 is 0 Å². The van der Waals surface area contributed by atoms with Gasteiger partial charge >= 0.3 is 0 Å². The third-order valence-electron chi connectivity index (χ3n) is 5.74. The van der Waals surface area contributed by atoms with Gasteiger partial charge in [0.2, 0.25) is 0 Å². The molecule has 0 saturated carbocycles. The van der Waals surface area contributed by atoms with E-state index in [1.165, 1.54) is 12.3 Å². The van der Waals surface area contributed by atoms with E-state index in [4.69, 9.17) is 10.5 Å². The number of rotatable bonds is 8. The van der Waals surface area contributed by atoms with E-state index >= 15 is 0 Å². The van der Waals surface area contributed by atoms with Crippen molar-refractivity contribution in [1.82, 2.24) is 19.7 Å². The Balaban J connectivity index is 1.51. The molecule has 1 aliphatic rings. The van der Waals surface area contributed by atoms with Crippen LogP contribution in [0.5, 0.6) is 5.75 Å². The second-order valence-corrected chi connectivity index (χ2v) is 8.20. The number of allylic oxidation sites excluding steroid dienone is 3. The molecule has 2 amide bonds. The first-order valence-corrected chi connectivity index (χ1v) is 11.6. The lowest BCUT2D eigenvalue weighted by atomic mass is 10.1. The van der Waals surface area contributed by atoms with E-state index in [-0.39, 0.29) is 22.5 Å². The third-order valence-corrected chi connectivity index (χ3v) is 5.74. The SMILES string of the molecule is C=C(/C=C\C(=C/C)Oc1ccnc(C(N)=O)c1)NC(=O)c1c2n(n(-c3ccccc3)c1=O)CCCC2. The molecule has 36 heavy (non-hydrogen) atoms. The molecule has 0 saturated heterocycles. The van der Waals surface area contributed by atoms with Gasteiger partial charge in [-0.15, -0.1) is 0 Å². The largest absolute Gasteiger partial charge is 0.458 e. The Morgan fingerprint density at radius 2 is 1.94 bits per heavy atom. The van der Waals surface area contributed by atoms with Gasteiger partial charge in [-0.2, -0.15) is 0 Å².